The van der Waals surface area contributed by atoms with E-state index >= 15 is 0 Å². The van der Waals surface area contributed by atoms with Crippen LogP contribution in [0.4, 0.5) is 11.9 Å². The van der Waals surface area contributed by atoms with Gasteiger partial charge in [-0.15, -0.1) is 0 Å². The molecule has 0 aliphatic carbocycles. The number of nitrogens with zero attached hydrogens (tertiary/aromatic N) is 4. The summed E-state index contributed by atoms with van der Waals surface area (Å²) in [5, 5.41) is -0.0717. The molecule has 2 rings (SSSR count). The second-order valence-corrected chi connectivity index (χ2v) is 5.47. The van der Waals surface area contributed by atoms with Crippen LogP contribution in [0.3, 0.4) is 0 Å². The largest absolute Gasteiger partial charge is 0.368 e. The van der Waals surface area contributed by atoms with Gasteiger partial charge in [0.25, 0.3) is 0 Å². The molecule has 2 aromatic heterocycles. The highest BCUT2D eigenvalue weighted by Gasteiger charge is 2.12. The minimum absolute atomic E-state index is 0.0518. The number of sulfone groups is 1. The topological polar surface area (TPSA) is 138 Å². The zero-order valence-corrected chi connectivity index (χ0v) is 10.2. The molecule has 0 spiro atoms. The number of rotatable bonds is 2. The fourth-order valence-electron chi connectivity index (χ4n) is 1.27. The first-order valence-electron chi connectivity index (χ1n) is 4.81. The monoisotopic (exact) mass is 266 g/mol. The van der Waals surface area contributed by atoms with Crippen molar-refractivity contribution in [1.82, 2.24) is 19.9 Å². The third-order valence-corrected chi connectivity index (χ3v) is 2.99. The molecule has 0 aliphatic heterocycles. The molecule has 2 heterocycles. The summed E-state index contributed by atoms with van der Waals surface area (Å²) in [6.07, 6.45) is 1.06. The van der Waals surface area contributed by atoms with Crippen LogP contribution in [-0.2, 0) is 9.84 Å². The van der Waals surface area contributed by atoms with Crippen LogP contribution in [0.25, 0.3) is 11.5 Å². The van der Waals surface area contributed by atoms with E-state index in [2.05, 4.69) is 19.9 Å². The molecule has 2 aromatic rings. The predicted molar refractivity (Wildman–Crippen MR) is 65.0 cm³/mol. The molecule has 8 nitrogen and oxygen atoms in total. The number of anilines is 2. The molecule has 0 aromatic carbocycles. The third kappa shape index (κ3) is 2.51. The quantitative estimate of drug-likeness (QED) is 0.741. The number of nitrogen functional groups attached to an aromatic ring is 2. The SMILES string of the molecule is CS(=O)(=O)c1cccc(-c2nc(N)nc(N)n2)n1. The molecular formula is C9H10N6O2S. The number of hydrogen-bond acceptors (Lipinski definition) is 8. The lowest BCUT2D eigenvalue weighted by Crippen LogP contribution is -2.06. The molecule has 0 radical (unpaired) electrons. The molecule has 0 bridgehead atoms. The zero-order chi connectivity index (χ0) is 13.3. The van der Waals surface area contributed by atoms with Gasteiger partial charge in [-0.3, -0.25) is 0 Å². The maximum atomic E-state index is 11.4. The molecule has 0 atom stereocenters. The standard InChI is InChI=1S/C9H10N6O2S/c1-18(16,17)6-4-2-3-5(12-6)7-13-8(10)15-9(11)14-7/h2-4H,1H3,(H4,10,11,13,14,15). The van der Waals surface area contributed by atoms with Gasteiger partial charge >= 0.3 is 0 Å². The van der Waals surface area contributed by atoms with Crippen LogP contribution in [0.15, 0.2) is 23.2 Å². The molecule has 0 fully saturated rings. The summed E-state index contributed by atoms with van der Waals surface area (Å²) in [5.74, 6) is 0.0265. The van der Waals surface area contributed by atoms with Gasteiger partial charge in [-0.1, -0.05) is 6.07 Å². The Kier molecular flexibility index (Phi) is 2.83. The molecule has 94 valence electrons. The van der Waals surface area contributed by atoms with Gasteiger partial charge in [-0.25, -0.2) is 13.4 Å². The lowest BCUT2D eigenvalue weighted by molar-refractivity contribution is 0.598. The Morgan fingerprint density at radius 2 is 1.61 bits per heavy atom. The van der Waals surface area contributed by atoms with Crippen molar-refractivity contribution < 1.29 is 8.42 Å². The van der Waals surface area contributed by atoms with E-state index in [9.17, 15) is 8.42 Å². The van der Waals surface area contributed by atoms with E-state index in [1.54, 1.807) is 6.07 Å². The molecule has 0 saturated carbocycles. The first-order valence-corrected chi connectivity index (χ1v) is 6.70. The van der Waals surface area contributed by atoms with E-state index in [1.807, 2.05) is 0 Å². The van der Waals surface area contributed by atoms with Gasteiger partial charge in [0, 0.05) is 6.26 Å². The summed E-state index contributed by atoms with van der Waals surface area (Å²) in [6, 6.07) is 4.48. The highest BCUT2D eigenvalue weighted by Crippen LogP contribution is 2.16. The molecule has 18 heavy (non-hydrogen) atoms. The Labute approximate surface area is 103 Å². The van der Waals surface area contributed by atoms with Crippen LogP contribution in [0, 0.1) is 0 Å². The van der Waals surface area contributed by atoms with Crippen LogP contribution in [0.1, 0.15) is 0 Å². The van der Waals surface area contributed by atoms with E-state index in [-0.39, 0.29) is 28.4 Å². The zero-order valence-electron chi connectivity index (χ0n) is 9.40. The summed E-state index contributed by atoms with van der Waals surface area (Å²) in [4.78, 5) is 15.3. The minimum Gasteiger partial charge on any atom is -0.368 e. The second kappa shape index (κ2) is 4.18. The van der Waals surface area contributed by atoms with Crippen molar-refractivity contribution in [3.63, 3.8) is 0 Å². The molecule has 0 unspecified atom stereocenters. The predicted octanol–water partition coefficient (Wildman–Crippen LogP) is -0.498. The highest BCUT2D eigenvalue weighted by atomic mass is 32.2. The molecule has 0 saturated heterocycles. The van der Waals surface area contributed by atoms with Gasteiger partial charge in [-0.05, 0) is 12.1 Å². The van der Waals surface area contributed by atoms with Crippen molar-refractivity contribution in [2.75, 3.05) is 17.7 Å². The van der Waals surface area contributed by atoms with Gasteiger partial charge in [-0.2, -0.15) is 15.0 Å². The highest BCUT2D eigenvalue weighted by molar-refractivity contribution is 7.90. The van der Waals surface area contributed by atoms with E-state index in [1.165, 1.54) is 12.1 Å². The number of hydrogen-bond donors (Lipinski definition) is 2. The van der Waals surface area contributed by atoms with Gasteiger partial charge in [0.2, 0.25) is 11.9 Å². The maximum Gasteiger partial charge on any atom is 0.225 e. The lowest BCUT2D eigenvalue weighted by atomic mass is 10.3. The molecule has 0 amide bonds. The average molecular weight is 266 g/mol. The van der Waals surface area contributed by atoms with Crippen molar-refractivity contribution in [3.8, 4) is 11.5 Å². The van der Waals surface area contributed by atoms with E-state index in [4.69, 9.17) is 11.5 Å². The van der Waals surface area contributed by atoms with Crippen LogP contribution in [0.2, 0.25) is 0 Å². The number of aromatic nitrogens is 4. The average Bonchev–Trinajstić information content (AvgIpc) is 2.27. The molecular weight excluding hydrogens is 256 g/mol. The third-order valence-electron chi connectivity index (χ3n) is 2.00. The first kappa shape index (κ1) is 12.2. The van der Waals surface area contributed by atoms with Gasteiger partial charge in [0.15, 0.2) is 20.7 Å². The Morgan fingerprint density at radius 3 is 2.17 bits per heavy atom. The van der Waals surface area contributed by atoms with Gasteiger partial charge in [0.1, 0.15) is 5.69 Å². The van der Waals surface area contributed by atoms with Crippen LogP contribution in [-0.4, -0.2) is 34.6 Å². The molecule has 9 heteroatoms. The molecule has 4 N–H and O–H groups in total. The van der Waals surface area contributed by atoms with E-state index < -0.39 is 9.84 Å². The van der Waals surface area contributed by atoms with Gasteiger partial charge < -0.3 is 11.5 Å². The lowest BCUT2D eigenvalue weighted by Gasteiger charge is -2.03. The van der Waals surface area contributed by atoms with E-state index in [0.717, 1.165) is 6.26 Å². The van der Waals surface area contributed by atoms with Crippen LogP contribution in [0.5, 0.6) is 0 Å². The summed E-state index contributed by atoms with van der Waals surface area (Å²) in [5.41, 5.74) is 11.1. The Bertz CT molecular complexity index is 680. The Hall–Kier alpha value is -2.29. The normalized spacial score (nSPS) is 11.4. The minimum atomic E-state index is -3.40. The summed E-state index contributed by atoms with van der Waals surface area (Å²) >= 11 is 0. The maximum absolute atomic E-state index is 11.4. The van der Waals surface area contributed by atoms with Crippen LogP contribution >= 0.6 is 0 Å². The van der Waals surface area contributed by atoms with Crippen LogP contribution < -0.4 is 11.5 Å². The summed E-state index contributed by atoms with van der Waals surface area (Å²) in [7, 11) is -3.40. The number of pyridine rings is 1. The Morgan fingerprint density at radius 1 is 1.00 bits per heavy atom. The summed E-state index contributed by atoms with van der Waals surface area (Å²) < 4.78 is 22.8. The van der Waals surface area contributed by atoms with Crippen molar-refractivity contribution in [2.24, 2.45) is 0 Å². The first-order chi connectivity index (χ1) is 8.36. The van der Waals surface area contributed by atoms with E-state index in [0.29, 0.717) is 0 Å². The smallest absolute Gasteiger partial charge is 0.225 e. The molecule has 0 aliphatic rings. The van der Waals surface area contributed by atoms with Gasteiger partial charge in [0.05, 0.1) is 0 Å². The second-order valence-electron chi connectivity index (χ2n) is 3.51. The van der Waals surface area contributed by atoms with Crippen molar-refractivity contribution in [1.29, 1.82) is 0 Å². The fraction of sp³-hybridized carbons (Fsp3) is 0.111. The summed E-state index contributed by atoms with van der Waals surface area (Å²) in [6.45, 7) is 0. The van der Waals surface area contributed by atoms with Crippen molar-refractivity contribution >= 4 is 21.7 Å². The van der Waals surface area contributed by atoms with Crippen molar-refractivity contribution in [3.05, 3.63) is 18.2 Å². The number of nitrogens with two attached hydrogens (primary N) is 2. The fourth-order valence-corrected chi connectivity index (χ4v) is 1.86. The van der Waals surface area contributed by atoms with Crippen molar-refractivity contribution in [2.45, 2.75) is 5.03 Å². The Balaban J connectivity index is 2.58.